The Balaban J connectivity index is 2.21. The Kier molecular flexibility index (Phi) is 3.63. The van der Waals surface area contributed by atoms with Gasteiger partial charge in [-0.1, -0.05) is 17.3 Å². The summed E-state index contributed by atoms with van der Waals surface area (Å²) in [5, 5.41) is 8.50. The first-order valence-corrected chi connectivity index (χ1v) is 6.56. The van der Waals surface area contributed by atoms with Gasteiger partial charge >= 0.3 is 0 Å². The highest BCUT2D eigenvalue weighted by atomic mass is 16.5. The van der Waals surface area contributed by atoms with Crippen LogP contribution in [0.4, 0.5) is 0 Å². The first-order chi connectivity index (χ1) is 10.8. The highest BCUT2D eigenvalue weighted by Gasteiger charge is 2.16. The second-order valence-corrected chi connectivity index (χ2v) is 4.57. The third-order valence-electron chi connectivity index (χ3n) is 3.37. The van der Waals surface area contributed by atoms with Gasteiger partial charge in [0.15, 0.2) is 11.6 Å². The highest BCUT2D eigenvalue weighted by Crippen LogP contribution is 2.35. The predicted octanol–water partition coefficient (Wildman–Crippen LogP) is 1.59. The summed E-state index contributed by atoms with van der Waals surface area (Å²) in [5.74, 6) is 12.4. The lowest BCUT2D eigenvalue weighted by atomic mass is 10.1. The lowest BCUT2D eigenvalue weighted by molar-refractivity contribution is 0.408. The van der Waals surface area contributed by atoms with E-state index in [-0.39, 0.29) is 0 Å². The Morgan fingerprint density at radius 3 is 2.82 bits per heavy atom. The summed E-state index contributed by atoms with van der Waals surface area (Å²) in [7, 11) is 1.61. The number of nitrogens with two attached hydrogens (primary N) is 2. The van der Waals surface area contributed by atoms with Gasteiger partial charge in [0, 0.05) is 5.56 Å². The second-order valence-electron chi connectivity index (χ2n) is 4.57. The molecule has 0 fully saturated rings. The number of fused-ring (bicyclic) bond motifs is 1. The van der Waals surface area contributed by atoms with Gasteiger partial charge in [-0.15, -0.1) is 0 Å². The molecule has 0 amide bonds. The van der Waals surface area contributed by atoms with Crippen molar-refractivity contribution in [3.63, 3.8) is 0 Å². The minimum atomic E-state index is 0.370. The van der Waals surface area contributed by atoms with E-state index in [1.54, 1.807) is 7.11 Å². The van der Waals surface area contributed by atoms with Crippen LogP contribution in [0.5, 0.6) is 5.75 Å². The number of rotatable bonds is 3. The summed E-state index contributed by atoms with van der Waals surface area (Å²) in [4.78, 5) is 0. The van der Waals surface area contributed by atoms with Gasteiger partial charge in [0.05, 0.1) is 18.1 Å². The molecule has 1 heterocycles. The largest absolute Gasteiger partial charge is 0.496 e. The fourth-order valence-corrected chi connectivity index (χ4v) is 2.31. The van der Waals surface area contributed by atoms with Crippen LogP contribution in [-0.2, 0) is 0 Å². The first kappa shape index (κ1) is 13.9. The average Bonchev–Trinajstić information content (AvgIpc) is 2.99. The number of nitrogens with zero attached hydrogens (tertiary/aromatic N) is 2. The molecule has 0 bridgehead atoms. The zero-order valence-corrected chi connectivity index (χ0v) is 11.9. The van der Waals surface area contributed by atoms with Crippen LogP contribution in [0.3, 0.4) is 0 Å². The zero-order chi connectivity index (χ0) is 15.5. The van der Waals surface area contributed by atoms with Gasteiger partial charge in [-0.2, -0.15) is 5.10 Å². The van der Waals surface area contributed by atoms with Gasteiger partial charge in [-0.05, 0) is 30.3 Å². The Bertz CT molecular complexity index is 841. The molecule has 0 atom stereocenters. The summed E-state index contributed by atoms with van der Waals surface area (Å²) >= 11 is 0. The number of hydrazine groups is 1. The summed E-state index contributed by atoms with van der Waals surface area (Å²) in [6, 6.07) is 13.1. The monoisotopic (exact) mass is 297 g/mol. The Labute approximate surface area is 126 Å². The van der Waals surface area contributed by atoms with Crippen molar-refractivity contribution >= 4 is 16.7 Å². The smallest absolute Gasteiger partial charge is 0.178 e. The van der Waals surface area contributed by atoms with Crippen molar-refractivity contribution in [2.75, 3.05) is 7.11 Å². The molecule has 7 heteroatoms. The molecule has 7 nitrogen and oxygen atoms in total. The van der Waals surface area contributed by atoms with Gasteiger partial charge < -0.3 is 20.5 Å². The third kappa shape index (κ3) is 2.23. The third-order valence-corrected chi connectivity index (χ3v) is 3.37. The van der Waals surface area contributed by atoms with E-state index in [0.717, 1.165) is 22.0 Å². The van der Waals surface area contributed by atoms with Crippen LogP contribution < -0.4 is 21.8 Å². The van der Waals surface area contributed by atoms with E-state index in [2.05, 4.69) is 15.7 Å². The Morgan fingerprint density at radius 2 is 2.09 bits per heavy atom. The molecule has 3 rings (SSSR count). The number of hydrogen-bond acceptors (Lipinski definition) is 6. The summed E-state index contributed by atoms with van der Waals surface area (Å²) < 4.78 is 10.9. The molecule has 0 spiro atoms. The maximum absolute atomic E-state index is 5.49. The van der Waals surface area contributed by atoms with Crippen molar-refractivity contribution in [3.8, 4) is 17.1 Å². The summed E-state index contributed by atoms with van der Waals surface area (Å²) in [6.45, 7) is 0. The van der Waals surface area contributed by atoms with Gasteiger partial charge in [-0.25, -0.2) is 5.84 Å². The number of ether oxygens (including phenoxy) is 1. The summed E-state index contributed by atoms with van der Waals surface area (Å²) in [6.07, 6.45) is 0. The topological polar surface area (TPSA) is 112 Å². The van der Waals surface area contributed by atoms with E-state index in [1.807, 2.05) is 42.5 Å². The van der Waals surface area contributed by atoms with Crippen LogP contribution in [0.2, 0.25) is 0 Å². The minimum Gasteiger partial charge on any atom is -0.496 e. The van der Waals surface area contributed by atoms with Gasteiger partial charge in [0.2, 0.25) is 0 Å². The highest BCUT2D eigenvalue weighted by molar-refractivity contribution is 6.03. The quantitative estimate of drug-likeness (QED) is 0.293. The molecule has 0 unspecified atom stereocenters. The standard InChI is InChI=1S/C15H15N5O2/c1-21-13-5-3-2-4-10(13)14-11-8-9(15(18-16)19-17)6-7-12(11)20-22-14/h2-8H,16-17H2,1H3,(H,18,19). The number of aromatic nitrogens is 1. The lowest BCUT2D eigenvalue weighted by Crippen LogP contribution is -2.31. The SMILES string of the molecule is COc1ccccc1-c1onc2ccc(/C(=N/N)NN)cc12. The first-order valence-electron chi connectivity index (χ1n) is 6.56. The molecule has 0 saturated carbocycles. The molecule has 2 aromatic carbocycles. The number of hydrogen-bond donors (Lipinski definition) is 3. The van der Waals surface area contributed by atoms with Gasteiger partial charge in [-0.3, -0.25) is 0 Å². The molecule has 0 saturated heterocycles. The maximum atomic E-state index is 5.49. The minimum absolute atomic E-state index is 0.370. The molecule has 3 aromatic rings. The van der Waals surface area contributed by atoms with E-state index in [4.69, 9.17) is 20.9 Å². The van der Waals surface area contributed by atoms with Crippen molar-refractivity contribution in [2.45, 2.75) is 0 Å². The summed E-state index contributed by atoms with van der Waals surface area (Å²) in [5.41, 5.74) is 4.73. The number of para-hydroxylation sites is 1. The fourth-order valence-electron chi connectivity index (χ4n) is 2.31. The van der Waals surface area contributed by atoms with Crippen molar-refractivity contribution < 1.29 is 9.26 Å². The number of nitrogens with one attached hydrogen (secondary N) is 1. The molecule has 0 radical (unpaired) electrons. The lowest BCUT2D eigenvalue weighted by Gasteiger charge is -2.06. The molecule has 0 aliphatic heterocycles. The van der Waals surface area contributed by atoms with Gasteiger partial charge in [0.1, 0.15) is 11.3 Å². The van der Waals surface area contributed by atoms with Crippen LogP contribution in [0.1, 0.15) is 5.56 Å². The fraction of sp³-hybridized carbons (Fsp3) is 0.0667. The molecule has 0 aliphatic rings. The number of methoxy groups -OCH3 is 1. The number of benzene rings is 2. The average molecular weight is 297 g/mol. The zero-order valence-electron chi connectivity index (χ0n) is 11.9. The molecule has 5 N–H and O–H groups in total. The molecule has 112 valence electrons. The van der Waals surface area contributed by atoms with Crippen molar-refractivity contribution in [1.82, 2.24) is 10.6 Å². The van der Waals surface area contributed by atoms with E-state index in [0.29, 0.717) is 17.3 Å². The van der Waals surface area contributed by atoms with E-state index in [9.17, 15) is 0 Å². The van der Waals surface area contributed by atoms with Crippen LogP contribution >= 0.6 is 0 Å². The van der Waals surface area contributed by atoms with Crippen LogP contribution in [0.25, 0.3) is 22.2 Å². The second kappa shape index (κ2) is 5.74. The normalized spacial score (nSPS) is 11.6. The Morgan fingerprint density at radius 1 is 1.27 bits per heavy atom. The molecule has 22 heavy (non-hydrogen) atoms. The van der Waals surface area contributed by atoms with Crippen molar-refractivity contribution in [3.05, 3.63) is 48.0 Å². The van der Waals surface area contributed by atoms with Crippen LogP contribution in [0, 0.1) is 0 Å². The van der Waals surface area contributed by atoms with E-state index in [1.165, 1.54) is 0 Å². The van der Waals surface area contributed by atoms with Crippen LogP contribution in [-0.4, -0.2) is 18.1 Å². The van der Waals surface area contributed by atoms with Gasteiger partial charge in [0.25, 0.3) is 0 Å². The number of hydrazone groups is 1. The Hall–Kier alpha value is -3.06. The molecule has 0 aliphatic carbocycles. The molecular formula is C15H15N5O2. The number of amidine groups is 1. The van der Waals surface area contributed by atoms with Crippen molar-refractivity contribution in [2.24, 2.45) is 16.8 Å². The predicted molar refractivity (Wildman–Crippen MR) is 84.0 cm³/mol. The van der Waals surface area contributed by atoms with Crippen LogP contribution in [0.15, 0.2) is 52.1 Å². The maximum Gasteiger partial charge on any atom is 0.178 e. The van der Waals surface area contributed by atoms with Crippen molar-refractivity contribution in [1.29, 1.82) is 0 Å². The van der Waals surface area contributed by atoms with E-state index >= 15 is 0 Å². The molecule has 1 aromatic heterocycles. The van der Waals surface area contributed by atoms with E-state index < -0.39 is 0 Å². The molecular weight excluding hydrogens is 282 g/mol.